The van der Waals surface area contributed by atoms with Gasteiger partial charge in [-0.25, -0.2) is 19.4 Å². The molecule has 11 nitrogen and oxygen atoms in total. The van der Waals surface area contributed by atoms with E-state index in [2.05, 4.69) is 25.6 Å². The average Bonchev–Trinajstić information content (AvgIpc) is 3.47. The molecule has 0 aliphatic heterocycles. The Morgan fingerprint density at radius 1 is 1.09 bits per heavy atom. The predicted octanol–water partition coefficient (Wildman–Crippen LogP) is 3.48. The summed E-state index contributed by atoms with van der Waals surface area (Å²) in [5, 5.41) is 20.5. The summed E-state index contributed by atoms with van der Waals surface area (Å²) in [5.41, 5.74) is 0.240. The summed E-state index contributed by atoms with van der Waals surface area (Å²) < 4.78 is 16.1. The number of thiazole rings is 1. The molecule has 0 aliphatic rings. The first kappa shape index (κ1) is 23.8. The van der Waals surface area contributed by atoms with Gasteiger partial charge in [0.1, 0.15) is 10.6 Å². The van der Waals surface area contributed by atoms with Crippen molar-refractivity contribution in [1.82, 2.24) is 25.6 Å². The molecule has 180 valence electrons. The first-order chi connectivity index (χ1) is 16.8. The van der Waals surface area contributed by atoms with Crippen LogP contribution in [-0.2, 0) is 17.8 Å². The van der Waals surface area contributed by atoms with Crippen LogP contribution in [-0.4, -0.2) is 42.9 Å². The summed E-state index contributed by atoms with van der Waals surface area (Å²) >= 11 is 1.14. The Labute approximate surface area is 203 Å². The zero-order valence-electron chi connectivity index (χ0n) is 18.8. The summed E-state index contributed by atoms with van der Waals surface area (Å²) in [6.45, 7) is 2.98. The lowest BCUT2D eigenvalue weighted by Gasteiger charge is -2.19. The predicted molar refractivity (Wildman–Crippen MR) is 123 cm³/mol. The Morgan fingerprint density at radius 2 is 1.89 bits per heavy atom. The minimum atomic E-state index is -1.40. The van der Waals surface area contributed by atoms with Gasteiger partial charge in [-0.15, -0.1) is 0 Å². The molecule has 1 aromatic carbocycles. The number of carboxylic acids is 1. The molecule has 0 saturated heterocycles. The summed E-state index contributed by atoms with van der Waals surface area (Å²) in [7, 11) is 0. The number of benzene rings is 1. The number of hydrogen-bond donors (Lipinski definition) is 2. The molecule has 4 aromatic rings. The number of nitrogens with one attached hydrogen (secondary N) is 1. The van der Waals surface area contributed by atoms with E-state index >= 15 is 0 Å². The van der Waals surface area contributed by atoms with Gasteiger partial charge in [-0.3, -0.25) is 4.79 Å². The number of carboxylic acid groups (broad SMARTS) is 1. The van der Waals surface area contributed by atoms with E-state index in [0.29, 0.717) is 22.2 Å². The average molecular weight is 496 g/mol. The highest BCUT2D eigenvalue weighted by Gasteiger charge is 2.30. The monoisotopic (exact) mass is 495 g/mol. The molecule has 0 radical (unpaired) electrons. The van der Waals surface area contributed by atoms with Crippen LogP contribution in [0.1, 0.15) is 40.5 Å². The number of hydrogen-bond acceptors (Lipinski definition) is 10. The number of amides is 1. The molecule has 2 N–H and O–H groups in total. The lowest BCUT2D eigenvalue weighted by Crippen LogP contribution is -2.37. The molecule has 3 aromatic heterocycles. The molecule has 0 unspecified atom stereocenters. The standard InChI is InChI=1S/C23H21N5O6S/c1-23(2,22(30)31)33-18-13-25-17(35-18)12-26-19(29)15-9-6-10-24-20(15)32-21-16(27-34-28-21)11-14-7-4-3-5-8-14/h3-10,13H,11-12H2,1-2H3,(H,26,29)(H,30,31). The zero-order chi connectivity index (χ0) is 24.8. The summed E-state index contributed by atoms with van der Waals surface area (Å²) in [6, 6.07) is 12.8. The third-order valence-corrected chi connectivity index (χ3v) is 5.62. The number of aromatic nitrogens is 4. The minimum absolute atomic E-state index is 0.0429. The van der Waals surface area contributed by atoms with Gasteiger partial charge in [0.05, 0.1) is 12.7 Å². The molecule has 12 heteroatoms. The number of aliphatic carboxylic acids is 1. The summed E-state index contributed by atoms with van der Waals surface area (Å²) in [4.78, 5) is 32.4. The summed E-state index contributed by atoms with van der Waals surface area (Å²) in [5.74, 6) is -1.39. The van der Waals surface area contributed by atoms with Crippen molar-refractivity contribution in [3.63, 3.8) is 0 Å². The van der Waals surface area contributed by atoms with E-state index in [-0.39, 0.29) is 23.9 Å². The normalized spacial score (nSPS) is 11.1. The molecule has 0 saturated carbocycles. The van der Waals surface area contributed by atoms with Crippen LogP contribution in [0, 0.1) is 0 Å². The fourth-order valence-corrected chi connectivity index (χ4v) is 3.72. The molecule has 3 heterocycles. The van der Waals surface area contributed by atoms with Crippen molar-refractivity contribution in [2.45, 2.75) is 32.4 Å². The number of nitrogens with zero attached hydrogens (tertiary/aromatic N) is 4. The van der Waals surface area contributed by atoms with Crippen LogP contribution < -0.4 is 14.8 Å². The molecule has 0 spiro atoms. The Balaban J connectivity index is 1.42. The molecule has 4 rings (SSSR count). The van der Waals surface area contributed by atoms with Crippen molar-refractivity contribution >= 4 is 23.2 Å². The van der Waals surface area contributed by atoms with Crippen LogP contribution in [0.15, 0.2) is 59.5 Å². The maximum Gasteiger partial charge on any atom is 0.347 e. The Morgan fingerprint density at radius 3 is 2.66 bits per heavy atom. The molecule has 0 atom stereocenters. The van der Waals surface area contributed by atoms with Crippen molar-refractivity contribution in [2.75, 3.05) is 0 Å². The van der Waals surface area contributed by atoms with Crippen molar-refractivity contribution < 1.29 is 28.8 Å². The van der Waals surface area contributed by atoms with Crippen LogP contribution in [0.3, 0.4) is 0 Å². The second-order valence-corrected chi connectivity index (χ2v) is 8.89. The Kier molecular flexibility index (Phi) is 7.01. The minimum Gasteiger partial charge on any atom is -0.478 e. The highest BCUT2D eigenvalue weighted by atomic mass is 32.1. The Hall–Kier alpha value is -4.32. The van der Waals surface area contributed by atoms with Crippen molar-refractivity contribution in [3.05, 3.63) is 76.7 Å². The highest BCUT2D eigenvalue weighted by Crippen LogP contribution is 2.27. The van der Waals surface area contributed by atoms with E-state index < -0.39 is 17.5 Å². The number of carbonyl (C=O) groups is 2. The van der Waals surface area contributed by atoms with Gasteiger partial charge in [0.25, 0.3) is 11.8 Å². The number of pyridine rings is 1. The van der Waals surface area contributed by atoms with Gasteiger partial charge in [-0.2, -0.15) is 0 Å². The highest BCUT2D eigenvalue weighted by molar-refractivity contribution is 7.13. The van der Waals surface area contributed by atoms with Gasteiger partial charge >= 0.3 is 5.97 Å². The number of carbonyl (C=O) groups excluding carboxylic acids is 1. The van der Waals surface area contributed by atoms with E-state index in [1.54, 1.807) is 12.1 Å². The van der Waals surface area contributed by atoms with Crippen molar-refractivity contribution in [3.8, 4) is 16.8 Å². The number of rotatable bonds is 10. The van der Waals surface area contributed by atoms with Crippen molar-refractivity contribution in [1.29, 1.82) is 0 Å². The van der Waals surface area contributed by atoms with E-state index in [1.165, 1.54) is 26.2 Å². The lowest BCUT2D eigenvalue weighted by atomic mass is 10.1. The van der Waals surface area contributed by atoms with Crippen LogP contribution in [0.2, 0.25) is 0 Å². The fraction of sp³-hybridized carbons (Fsp3) is 0.217. The maximum absolute atomic E-state index is 12.8. The maximum atomic E-state index is 12.8. The van der Waals surface area contributed by atoms with E-state index in [1.807, 2.05) is 30.3 Å². The van der Waals surface area contributed by atoms with Crippen molar-refractivity contribution in [2.24, 2.45) is 0 Å². The van der Waals surface area contributed by atoms with E-state index in [4.69, 9.17) is 14.1 Å². The molecule has 0 bridgehead atoms. The molecule has 0 fully saturated rings. The van der Waals surface area contributed by atoms with Gasteiger partial charge in [0.2, 0.25) is 11.5 Å². The second kappa shape index (κ2) is 10.3. The van der Waals surface area contributed by atoms with E-state index in [9.17, 15) is 14.7 Å². The molecular formula is C23H21N5O6S. The molecule has 0 aliphatic carbocycles. The fourth-order valence-electron chi connectivity index (χ4n) is 2.88. The summed E-state index contributed by atoms with van der Waals surface area (Å²) in [6.07, 6.45) is 3.34. The molecule has 1 amide bonds. The second-order valence-electron chi connectivity index (χ2n) is 7.81. The van der Waals surface area contributed by atoms with E-state index in [0.717, 1.165) is 16.9 Å². The smallest absolute Gasteiger partial charge is 0.347 e. The lowest BCUT2D eigenvalue weighted by molar-refractivity contribution is -0.152. The van der Waals surface area contributed by atoms with Crippen LogP contribution in [0.25, 0.3) is 0 Å². The largest absolute Gasteiger partial charge is 0.478 e. The number of ether oxygens (including phenoxy) is 2. The zero-order valence-corrected chi connectivity index (χ0v) is 19.6. The Bertz CT molecular complexity index is 1320. The van der Waals surface area contributed by atoms with Crippen LogP contribution in [0.5, 0.6) is 16.8 Å². The molecule has 35 heavy (non-hydrogen) atoms. The van der Waals surface area contributed by atoms with Gasteiger partial charge in [0.15, 0.2) is 10.8 Å². The van der Waals surface area contributed by atoms with Gasteiger partial charge in [0, 0.05) is 12.6 Å². The van der Waals surface area contributed by atoms with Gasteiger partial charge in [-0.1, -0.05) is 46.8 Å². The van der Waals surface area contributed by atoms with Gasteiger partial charge < -0.3 is 19.9 Å². The third-order valence-electron chi connectivity index (χ3n) is 4.75. The SMILES string of the molecule is CC(C)(Oc1cnc(CNC(=O)c2cccnc2Oc2nonc2Cc2ccccc2)s1)C(=O)O. The first-order valence-electron chi connectivity index (χ1n) is 10.5. The van der Waals surface area contributed by atoms with Crippen LogP contribution in [0.4, 0.5) is 0 Å². The quantitative estimate of drug-likeness (QED) is 0.335. The first-order valence-corrected chi connectivity index (χ1v) is 11.3. The third kappa shape index (κ3) is 5.98. The van der Waals surface area contributed by atoms with Gasteiger partial charge in [-0.05, 0) is 36.7 Å². The topological polar surface area (TPSA) is 150 Å². The molecular weight excluding hydrogens is 474 g/mol. The van der Waals surface area contributed by atoms with Crippen LogP contribution >= 0.6 is 11.3 Å².